The molecule has 0 bridgehead atoms. The molecule has 0 aromatic heterocycles. The summed E-state index contributed by atoms with van der Waals surface area (Å²) in [4.78, 5) is 0. The third-order valence-corrected chi connectivity index (χ3v) is 5.11. The van der Waals surface area contributed by atoms with Crippen molar-refractivity contribution in [2.45, 2.75) is 50.5 Å². The van der Waals surface area contributed by atoms with Gasteiger partial charge in [0.05, 0.1) is 5.70 Å². The molecule has 1 saturated carbocycles. The summed E-state index contributed by atoms with van der Waals surface area (Å²) in [6.07, 6.45) is 19.3. The van der Waals surface area contributed by atoms with Crippen LogP contribution in [-0.2, 0) is 0 Å². The Morgan fingerprint density at radius 3 is 2.83 bits per heavy atom. The van der Waals surface area contributed by atoms with Gasteiger partial charge >= 0.3 is 0 Å². The Morgan fingerprint density at radius 2 is 2.04 bits per heavy atom. The maximum atomic E-state index is 6.44. The van der Waals surface area contributed by atoms with Crippen LogP contribution < -0.4 is 21.9 Å². The van der Waals surface area contributed by atoms with Crippen molar-refractivity contribution in [3.63, 3.8) is 0 Å². The van der Waals surface area contributed by atoms with Gasteiger partial charge in [-0.15, -0.1) is 0 Å². The van der Waals surface area contributed by atoms with E-state index >= 15 is 0 Å². The lowest BCUT2D eigenvalue weighted by Crippen LogP contribution is -2.62. The maximum Gasteiger partial charge on any atom is 0.133 e. The topological polar surface area (TPSA) is 68.6 Å². The standard InChI is InChI=1S/C17H26N6/c18-22(14-4-2-1-3-5-14)17-7-6-16-20-12-15(23(16)21-17)13-8-10-19-11-9-13/h6-10,12,14,16-17,19-21H,1-5,11,18H2. The van der Waals surface area contributed by atoms with E-state index in [0.29, 0.717) is 6.04 Å². The fourth-order valence-corrected chi connectivity index (χ4v) is 3.78. The SMILES string of the molecule is NN(C1CCCCC1)C1C=CC2NC=C(C3=CCNC=C3)N2N1. The predicted molar refractivity (Wildman–Crippen MR) is 91.0 cm³/mol. The number of rotatable bonds is 3. The van der Waals surface area contributed by atoms with Crippen molar-refractivity contribution in [3.8, 4) is 0 Å². The highest BCUT2D eigenvalue weighted by Crippen LogP contribution is 2.27. The average molecular weight is 314 g/mol. The summed E-state index contributed by atoms with van der Waals surface area (Å²) in [5.41, 5.74) is 5.97. The van der Waals surface area contributed by atoms with Crippen molar-refractivity contribution in [2.75, 3.05) is 6.54 Å². The second-order valence-electron chi connectivity index (χ2n) is 6.61. The molecule has 2 unspecified atom stereocenters. The van der Waals surface area contributed by atoms with Crippen LogP contribution in [-0.4, -0.2) is 34.9 Å². The van der Waals surface area contributed by atoms with Gasteiger partial charge in [-0.05, 0) is 36.8 Å². The Morgan fingerprint density at radius 1 is 1.17 bits per heavy atom. The van der Waals surface area contributed by atoms with Gasteiger partial charge < -0.3 is 10.6 Å². The predicted octanol–water partition coefficient (Wildman–Crippen LogP) is 1.01. The molecule has 0 amide bonds. The molecule has 5 N–H and O–H groups in total. The van der Waals surface area contributed by atoms with Gasteiger partial charge in [0.25, 0.3) is 0 Å². The van der Waals surface area contributed by atoms with E-state index in [1.807, 2.05) is 11.2 Å². The Labute approximate surface area is 137 Å². The molecule has 2 atom stereocenters. The number of nitrogens with two attached hydrogens (primary N) is 1. The molecule has 0 radical (unpaired) electrons. The van der Waals surface area contributed by atoms with Crippen LogP contribution in [0.15, 0.2) is 48.0 Å². The van der Waals surface area contributed by atoms with E-state index in [1.54, 1.807) is 0 Å². The van der Waals surface area contributed by atoms with Crippen molar-refractivity contribution in [1.29, 1.82) is 0 Å². The molecular weight excluding hydrogens is 288 g/mol. The summed E-state index contributed by atoms with van der Waals surface area (Å²) in [6.45, 7) is 0.867. The molecule has 6 heteroatoms. The van der Waals surface area contributed by atoms with Gasteiger partial charge in [0.1, 0.15) is 12.3 Å². The molecule has 23 heavy (non-hydrogen) atoms. The Bertz CT molecular complexity index is 557. The van der Waals surface area contributed by atoms with Crippen molar-refractivity contribution < 1.29 is 0 Å². The molecule has 4 aliphatic rings. The number of hydrogen-bond donors (Lipinski definition) is 4. The number of nitrogens with zero attached hydrogens (tertiary/aromatic N) is 2. The number of dihydropyridines is 1. The third kappa shape index (κ3) is 2.89. The van der Waals surface area contributed by atoms with Gasteiger partial charge in [0.2, 0.25) is 0 Å². The van der Waals surface area contributed by atoms with Gasteiger partial charge in [-0.2, -0.15) is 0 Å². The van der Waals surface area contributed by atoms with Gasteiger partial charge in [0, 0.05) is 18.8 Å². The molecule has 4 rings (SSSR count). The summed E-state index contributed by atoms with van der Waals surface area (Å²) in [5, 5.41) is 10.8. The largest absolute Gasteiger partial charge is 0.387 e. The molecule has 0 aromatic carbocycles. The fourth-order valence-electron chi connectivity index (χ4n) is 3.78. The van der Waals surface area contributed by atoms with Crippen LogP contribution in [0.4, 0.5) is 0 Å². The Balaban J connectivity index is 1.47. The van der Waals surface area contributed by atoms with Gasteiger partial charge in [-0.25, -0.2) is 10.4 Å². The quantitative estimate of drug-likeness (QED) is 0.354. The maximum absolute atomic E-state index is 6.44. The monoisotopic (exact) mass is 314 g/mol. The van der Waals surface area contributed by atoms with Crippen LogP contribution >= 0.6 is 0 Å². The minimum Gasteiger partial charge on any atom is -0.387 e. The summed E-state index contributed by atoms with van der Waals surface area (Å²) in [5.74, 6) is 6.44. The highest BCUT2D eigenvalue weighted by atomic mass is 15.7. The van der Waals surface area contributed by atoms with E-state index in [9.17, 15) is 0 Å². The summed E-state index contributed by atoms with van der Waals surface area (Å²) >= 11 is 0. The zero-order valence-corrected chi connectivity index (χ0v) is 13.4. The molecule has 3 aliphatic heterocycles. The van der Waals surface area contributed by atoms with Crippen molar-refractivity contribution in [2.24, 2.45) is 5.84 Å². The lowest BCUT2D eigenvalue weighted by molar-refractivity contribution is 0.0465. The lowest BCUT2D eigenvalue weighted by atomic mass is 9.95. The molecule has 0 saturated heterocycles. The smallest absolute Gasteiger partial charge is 0.133 e. The van der Waals surface area contributed by atoms with Crippen LogP contribution in [0.25, 0.3) is 0 Å². The van der Waals surface area contributed by atoms with E-state index in [2.05, 4.69) is 51.6 Å². The first kappa shape index (κ1) is 14.8. The third-order valence-electron chi connectivity index (χ3n) is 5.11. The number of hydrazine groups is 2. The number of nitrogens with one attached hydrogen (secondary N) is 3. The minimum absolute atomic E-state index is 0.0453. The van der Waals surface area contributed by atoms with Crippen LogP contribution in [0.2, 0.25) is 0 Å². The highest BCUT2D eigenvalue weighted by molar-refractivity contribution is 5.43. The molecule has 0 spiro atoms. The van der Waals surface area contributed by atoms with Crippen LogP contribution in [0.5, 0.6) is 0 Å². The van der Waals surface area contributed by atoms with Crippen molar-refractivity contribution >= 4 is 0 Å². The summed E-state index contributed by atoms with van der Waals surface area (Å²) < 4.78 is 0. The summed E-state index contributed by atoms with van der Waals surface area (Å²) in [6, 6.07) is 0.475. The zero-order valence-electron chi connectivity index (χ0n) is 13.4. The van der Waals surface area contributed by atoms with Crippen molar-refractivity contribution in [1.82, 2.24) is 26.1 Å². The number of hydrogen-bond acceptors (Lipinski definition) is 6. The Kier molecular flexibility index (Phi) is 4.11. The van der Waals surface area contributed by atoms with E-state index in [-0.39, 0.29) is 12.3 Å². The Hall–Kier alpha value is -1.76. The molecule has 1 fully saturated rings. The van der Waals surface area contributed by atoms with E-state index in [4.69, 9.17) is 5.84 Å². The molecule has 0 aromatic rings. The average Bonchev–Trinajstić information content (AvgIpc) is 3.05. The van der Waals surface area contributed by atoms with Gasteiger partial charge in [-0.1, -0.05) is 31.4 Å². The zero-order chi connectivity index (χ0) is 15.6. The second kappa shape index (κ2) is 6.39. The van der Waals surface area contributed by atoms with E-state index < -0.39 is 0 Å². The fraction of sp³-hybridized carbons (Fsp3) is 0.529. The van der Waals surface area contributed by atoms with Crippen LogP contribution in [0.1, 0.15) is 32.1 Å². The molecule has 1 aliphatic carbocycles. The first-order valence-electron chi connectivity index (χ1n) is 8.66. The minimum atomic E-state index is 0.0453. The van der Waals surface area contributed by atoms with Crippen molar-refractivity contribution in [3.05, 3.63) is 48.0 Å². The molecular formula is C17H26N6. The molecule has 124 valence electrons. The first-order chi connectivity index (χ1) is 11.3. The summed E-state index contributed by atoms with van der Waals surface area (Å²) in [7, 11) is 0. The normalized spacial score (nSPS) is 30.6. The molecule has 6 nitrogen and oxygen atoms in total. The van der Waals surface area contributed by atoms with Gasteiger partial charge in [-0.3, -0.25) is 10.9 Å². The highest BCUT2D eigenvalue weighted by Gasteiger charge is 2.33. The van der Waals surface area contributed by atoms with E-state index in [1.165, 1.54) is 43.4 Å². The van der Waals surface area contributed by atoms with E-state index in [0.717, 1.165) is 6.54 Å². The number of fused-ring (bicyclic) bond motifs is 1. The first-order valence-corrected chi connectivity index (χ1v) is 8.66. The number of allylic oxidation sites excluding steroid dienone is 1. The van der Waals surface area contributed by atoms with Crippen LogP contribution in [0.3, 0.4) is 0 Å². The van der Waals surface area contributed by atoms with Crippen LogP contribution in [0, 0.1) is 0 Å². The lowest BCUT2D eigenvalue weighted by Gasteiger charge is -2.42. The molecule has 3 heterocycles. The second-order valence-corrected chi connectivity index (χ2v) is 6.61. The van der Waals surface area contributed by atoms with Gasteiger partial charge in [0.15, 0.2) is 0 Å².